The summed E-state index contributed by atoms with van der Waals surface area (Å²) in [6.07, 6.45) is -3.27. The van der Waals surface area contributed by atoms with Crippen LogP contribution in [0.1, 0.15) is 45.7 Å². The zero-order valence-corrected chi connectivity index (χ0v) is 24.3. The Balaban J connectivity index is 1.79. The van der Waals surface area contributed by atoms with E-state index in [9.17, 15) is 18.0 Å². The standard InChI is InChI=1S/C26H31F3N4O3SSi/c1-24(2,3)38(6,7)36-13-12-35-21-11-10-19(16-31-21)33-23(37)32(22(34)25(33,4)5)18-9-8-17(15-30)20(14-18)26(27,28)29/h8-11,14,16H,12-13H2,1-7H3. The van der Waals surface area contributed by atoms with Gasteiger partial charge in [0.2, 0.25) is 5.88 Å². The highest BCUT2D eigenvalue weighted by atomic mass is 32.1. The van der Waals surface area contributed by atoms with Crippen molar-refractivity contribution in [2.24, 2.45) is 0 Å². The quantitative estimate of drug-likeness (QED) is 0.222. The Morgan fingerprint density at radius 1 is 1.11 bits per heavy atom. The average molecular weight is 565 g/mol. The highest BCUT2D eigenvalue weighted by molar-refractivity contribution is 7.81. The zero-order chi connectivity index (χ0) is 28.7. The molecule has 7 nitrogen and oxygen atoms in total. The van der Waals surface area contributed by atoms with E-state index in [0.717, 1.165) is 17.0 Å². The zero-order valence-electron chi connectivity index (χ0n) is 22.4. The number of pyridine rings is 1. The van der Waals surface area contributed by atoms with Gasteiger partial charge in [-0.3, -0.25) is 9.69 Å². The maximum Gasteiger partial charge on any atom is 0.417 e. The fourth-order valence-corrected chi connectivity index (χ4v) is 5.26. The van der Waals surface area contributed by atoms with Crippen LogP contribution >= 0.6 is 12.2 Å². The summed E-state index contributed by atoms with van der Waals surface area (Å²) in [4.78, 5) is 20.2. The summed E-state index contributed by atoms with van der Waals surface area (Å²) in [5.74, 6) is -0.149. The highest BCUT2D eigenvalue weighted by Gasteiger charge is 2.51. The molecule has 0 radical (unpaired) electrons. The highest BCUT2D eigenvalue weighted by Crippen LogP contribution is 2.40. The van der Waals surface area contributed by atoms with Crippen molar-refractivity contribution in [3.8, 4) is 11.9 Å². The molecule has 0 bridgehead atoms. The molecule has 1 aromatic carbocycles. The molecule has 1 saturated heterocycles. The first-order valence-corrected chi connectivity index (χ1v) is 15.3. The molecule has 12 heteroatoms. The molecule has 0 saturated carbocycles. The predicted molar refractivity (Wildman–Crippen MR) is 146 cm³/mol. The van der Waals surface area contributed by atoms with Crippen LogP contribution in [-0.2, 0) is 15.4 Å². The fraction of sp³-hybridized carbons (Fsp3) is 0.462. The maximum atomic E-state index is 13.5. The summed E-state index contributed by atoms with van der Waals surface area (Å²) in [5.41, 5.74) is -2.47. The Kier molecular flexibility index (Phi) is 7.99. The summed E-state index contributed by atoms with van der Waals surface area (Å²) in [7, 11) is -1.89. The van der Waals surface area contributed by atoms with Crippen molar-refractivity contribution in [1.29, 1.82) is 5.26 Å². The first-order chi connectivity index (χ1) is 17.4. The fourth-order valence-electron chi connectivity index (χ4n) is 3.71. The van der Waals surface area contributed by atoms with E-state index in [2.05, 4.69) is 38.8 Å². The minimum absolute atomic E-state index is 0.00364. The third-order valence-corrected chi connectivity index (χ3v) is 11.8. The molecule has 1 aliphatic heterocycles. The normalized spacial score (nSPS) is 16.1. The number of carbonyl (C=O) groups excluding carboxylic acids is 1. The number of benzene rings is 1. The number of alkyl halides is 3. The van der Waals surface area contributed by atoms with Gasteiger partial charge in [0.1, 0.15) is 12.1 Å². The number of hydrogen-bond donors (Lipinski definition) is 0. The smallest absolute Gasteiger partial charge is 0.417 e. The summed E-state index contributed by atoms with van der Waals surface area (Å²) in [6.45, 7) is 14.8. The van der Waals surface area contributed by atoms with Crippen molar-refractivity contribution in [1.82, 2.24) is 4.98 Å². The minimum Gasteiger partial charge on any atom is -0.475 e. The van der Waals surface area contributed by atoms with Crippen molar-refractivity contribution >= 4 is 42.9 Å². The number of anilines is 2. The second kappa shape index (κ2) is 10.3. The lowest BCUT2D eigenvalue weighted by Gasteiger charge is -2.36. The largest absolute Gasteiger partial charge is 0.475 e. The number of nitrogens with zero attached hydrogens (tertiary/aromatic N) is 4. The first kappa shape index (κ1) is 29.5. The molecule has 2 aromatic rings. The van der Waals surface area contributed by atoms with Crippen molar-refractivity contribution < 1.29 is 27.1 Å². The lowest BCUT2D eigenvalue weighted by Crippen LogP contribution is -2.44. The Morgan fingerprint density at radius 3 is 2.26 bits per heavy atom. The molecule has 1 aliphatic rings. The monoisotopic (exact) mass is 564 g/mol. The van der Waals surface area contributed by atoms with Crippen LogP contribution in [0.15, 0.2) is 36.5 Å². The van der Waals surface area contributed by atoms with E-state index in [0.29, 0.717) is 24.8 Å². The van der Waals surface area contributed by atoms with Crippen LogP contribution in [0.3, 0.4) is 0 Å². The molecular formula is C26H31F3N4O3SSi. The number of aromatic nitrogens is 1. The molecule has 2 heterocycles. The molecule has 1 fully saturated rings. The van der Waals surface area contributed by atoms with Crippen LogP contribution in [-0.4, -0.2) is 43.1 Å². The Hall–Kier alpha value is -3.01. The molecular weight excluding hydrogens is 533 g/mol. The number of halogens is 3. The summed E-state index contributed by atoms with van der Waals surface area (Å²) >= 11 is 5.55. The molecule has 0 spiro atoms. The Morgan fingerprint density at radius 2 is 1.74 bits per heavy atom. The lowest BCUT2D eigenvalue weighted by atomic mass is 10.0. The molecule has 0 aliphatic carbocycles. The van der Waals surface area contributed by atoms with E-state index in [-0.39, 0.29) is 15.8 Å². The molecule has 1 amide bonds. The van der Waals surface area contributed by atoms with Crippen molar-refractivity contribution in [2.75, 3.05) is 23.0 Å². The Bertz CT molecular complexity index is 1270. The van der Waals surface area contributed by atoms with Gasteiger partial charge in [0.05, 0.1) is 41.4 Å². The number of nitriles is 1. The second-order valence-electron chi connectivity index (χ2n) is 11.0. The number of rotatable bonds is 7. The van der Waals surface area contributed by atoms with Gasteiger partial charge in [0.25, 0.3) is 5.91 Å². The maximum absolute atomic E-state index is 13.5. The van der Waals surface area contributed by atoms with Crippen molar-refractivity contribution in [3.05, 3.63) is 47.7 Å². The number of carbonyl (C=O) groups is 1. The van der Waals surface area contributed by atoms with Crippen LogP contribution in [0, 0.1) is 11.3 Å². The minimum atomic E-state index is -4.77. The van der Waals surface area contributed by atoms with Crippen LogP contribution < -0.4 is 14.5 Å². The van der Waals surface area contributed by atoms with E-state index in [1.165, 1.54) is 23.2 Å². The number of ether oxygens (including phenoxy) is 1. The van der Waals surface area contributed by atoms with Gasteiger partial charge in [0.15, 0.2) is 13.4 Å². The molecule has 204 valence electrons. The van der Waals surface area contributed by atoms with Gasteiger partial charge in [-0.1, -0.05) is 20.8 Å². The summed E-state index contributed by atoms with van der Waals surface area (Å²) < 4.78 is 52.4. The summed E-state index contributed by atoms with van der Waals surface area (Å²) in [5, 5.41) is 9.17. The average Bonchev–Trinajstić information content (AvgIpc) is 2.99. The second-order valence-corrected chi connectivity index (χ2v) is 16.1. The number of amides is 1. The van der Waals surface area contributed by atoms with Crippen molar-refractivity contribution in [2.45, 2.75) is 64.5 Å². The SMILES string of the molecule is CC1(C)C(=O)N(c2ccc(C#N)c(C(F)(F)F)c2)C(=S)N1c1ccc(OCCO[Si](C)(C)C(C)(C)C)nc1. The van der Waals surface area contributed by atoms with E-state index < -0.39 is 37.1 Å². The van der Waals surface area contributed by atoms with Gasteiger partial charge < -0.3 is 14.1 Å². The molecule has 38 heavy (non-hydrogen) atoms. The summed E-state index contributed by atoms with van der Waals surface area (Å²) in [6, 6.07) is 7.93. The Labute approximate surface area is 227 Å². The van der Waals surface area contributed by atoms with E-state index >= 15 is 0 Å². The molecule has 1 aromatic heterocycles. The van der Waals surface area contributed by atoms with Gasteiger partial charge in [0, 0.05) is 6.07 Å². The van der Waals surface area contributed by atoms with Crippen molar-refractivity contribution in [3.63, 3.8) is 0 Å². The van der Waals surface area contributed by atoms with Crippen LogP contribution in [0.4, 0.5) is 24.5 Å². The van der Waals surface area contributed by atoms with Gasteiger partial charge in [-0.15, -0.1) is 0 Å². The van der Waals surface area contributed by atoms with E-state index in [4.69, 9.17) is 26.6 Å². The third-order valence-electron chi connectivity index (χ3n) is 6.94. The third kappa shape index (κ3) is 5.69. The lowest BCUT2D eigenvalue weighted by molar-refractivity contribution is -0.137. The number of hydrogen-bond acceptors (Lipinski definition) is 6. The van der Waals surface area contributed by atoms with Gasteiger partial charge >= 0.3 is 6.18 Å². The van der Waals surface area contributed by atoms with Gasteiger partial charge in [-0.05, 0) is 68.5 Å². The van der Waals surface area contributed by atoms with Crippen LogP contribution in [0.2, 0.25) is 18.1 Å². The molecule has 3 rings (SSSR count). The van der Waals surface area contributed by atoms with E-state index in [1.54, 1.807) is 26.0 Å². The molecule has 0 atom stereocenters. The predicted octanol–water partition coefficient (Wildman–Crippen LogP) is 6.29. The molecule has 0 unspecified atom stereocenters. The van der Waals surface area contributed by atoms with E-state index in [1.807, 2.05) is 0 Å². The van der Waals surface area contributed by atoms with Gasteiger partial charge in [-0.25, -0.2) is 4.98 Å². The van der Waals surface area contributed by atoms with Crippen LogP contribution in [0.25, 0.3) is 0 Å². The first-order valence-electron chi connectivity index (χ1n) is 11.9. The topological polar surface area (TPSA) is 78.7 Å². The van der Waals surface area contributed by atoms with Crippen LogP contribution in [0.5, 0.6) is 5.88 Å². The van der Waals surface area contributed by atoms with Gasteiger partial charge in [-0.2, -0.15) is 18.4 Å². The molecule has 0 N–H and O–H groups in total. The number of thiocarbonyl (C=S) groups is 1.